The van der Waals surface area contributed by atoms with Gasteiger partial charge < -0.3 is 14.5 Å². The SMILES string of the molecule is O=C(Nc1nn(Cc2c(Cl)cccc2Cl)cc1Cl)c1ccc(COc2ccc(Cl)cc2)o1. The van der Waals surface area contributed by atoms with Gasteiger partial charge in [-0.25, -0.2) is 0 Å². The predicted octanol–water partition coefficient (Wildman–Crippen LogP) is 6.97. The van der Waals surface area contributed by atoms with E-state index in [2.05, 4.69) is 10.4 Å². The van der Waals surface area contributed by atoms with E-state index < -0.39 is 5.91 Å². The fraction of sp³-hybridized carbons (Fsp3) is 0.0909. The quantitative estimate of drug-likeness (QED) is 0.291. The second kappa shape index (κ2) is 9.88. The third kappa shape index (κ3) is 5.40. The van der Waals surface area contributed by atoms with Gasteiger partial charge in [0.15, 0.2) is 11.6 Å². The van der Waals surface area contributed by atoms with Gasteiger partial charge in [-0.1, -0.05) is 52.5 Å². The van der Waals surface area contributed by atoms with Crippen LogP contribution in [-0.2, 0) is 13.2 Å². The molecule has 0 spiro atoms. The largest absolute Gasteiger partial charge is 0.486 e. The monoisotopic (exact) mass is 509 g/mol. The minimum Gasteiger partial charge on any atom is -0.486 e. The summed E-state index contributed by atoms with van der Waals surface area (Å²) in [6.45, 7) is 0.448. The number of hydrogen-bond acceptors (Lipinski definition) is 4. The van der Waals surface area contributed by atoms with Gasteiger partial charge in [-0.15, -0.1) is 0 Å². The summed E-state index contributed by atoms with van der Waals surface area (Å²) in [5, 5.41) is 8.84. The molecule has 0 aliphatic carbocycles. The highest BCUT2D eigenvalue weighted by Crippen LogP contribution is 2.27. The molecule has 1 amide bonds. The van der Waals surface area contributed by atoms with Crippen molar-refractivity contribution in [2.24, 2.45) is 0 Å². The molecule has 0 radical (unpaired) electrons. The summed E-state index contributed by atoms with van der Waals surface area (Å²) in [7, 11) is 0. The fourth-order valence-electron chi connectivity index (χ4n) is 2.84. The van der Waals surface area contributed by atoms with Crippen LogP contribution in [-0.4, -0.2) is 15.7 Å². The van der Waals surface area contributed by atoms with Crippen molar-refractivity contribution in [1.82, 2.24) is 9.78 Å². The van der Waals surface area contributed by atoms with E-state index in [1.54, 1.807) is 65.5 Å². The van der Waals surface area contributed by atoms with Crippen LogP contribution in [0.2, 0.25) is 20.1 Å². The molecule has 6 nitrogen and oxygen atoms in total. The second-order valence-electron chi connectivity index (χ2n) is 6.69. The van der Waals surface area contributed by atoms with Gasteiger partial charge >= 0.3 is 0 Å². The standard InChI is InChI=1S/C22H15Cl4N3O3/c23-13-4-6-14(7-5-13)31-12-15-8-9-20(32-15)22(30)27-21-19(26)11-29(28-21)10-16-17(24)2-1-3-18(16)25/h1-9,11H,10,12H2,(H,27,28,30). The second-order valence-corrected chi connectivity index (χ2v) is 8.34. The Kier molecular flexibility index (Phi) is 6.96. The zero-order valence-electron chi connectivity index (χ0n) is 16.3. The molecule has 32 heavy (non-hydrogen) atoms. The van der Waals surface area contributed by atoms with Gasteiger partial charge in [0.1, 0.15) is 23.1 Å². The number of furan rings is 1. The Morgan fingerprint density at radius 2 is 1.69 bits per heavy atom. The molecular formula is C22H15Cl4N3O3. The van der Waals surface area contributed by atoms with E-state index in [0.717, 1.165) is 0 Å². The van der Waals surface area contributed by atoms with Crippen LogP contribution in [0.5, 0.6) is 5.75 Å². The molecule has 4 aromatic rings. The molecular weight excluding hydrogens is 496 g/mol. The molecule has 0 aliphatic rings. The van der Waals surface area contributed by atoms with Crippen LogP contribution < -0.4 is 10.1 Å². The van der Waals surface area contributed by atoms with Gasteiger partial charge in [0, 0.05) is 26.8 Å². The lowest BCUT2D eigenvalue weighted by molar-refractivity contribution is 0.0992. The van der Waals surface area contributed by atoms with Crippen molar-refractivity contribution in [1.29, 1.82) is 0 Å². The molecule has 4 rings (SSSR count). The first-order chi connectivity index (χ1) is 15.4. The maximum Gasteiger partial charge on any atom is 0.292 e. The molecule has 0 saturated heterocycles. The third-order valence-corrected chi connectivity index (χ3v) is 5.65. The van der Waals surface area contributed by atoms with Crippen molar-refractivity contribution in [3.8, 4) is 5.75 Å². The molecule has 2 aromatic heterocycles. The Bertz CT molecular complexity index is 1230. The number of hydrogen-bond donors (Lipinski definition) is 1. The maximum absolute atomic E-state index is 12.6. The highest BCUT2D eigenvalue weighted by molar-refractivity contribution is 6.36. The summed E-state index contributed by atoms with van der Waals surface area (Å²) in [6, 6.07) is 15.4. The molecule has 0 unspecified atom stereocenters. The summed E-state index contributed by atoms with van der Waals surface area (Å²) in [4.78, 5) is 12.6. The van der Waals surface area contributed by atoms with Crippen LogP contribution in [0, 0.1) is 0 Å². The number of rotatable bonds is 7. The number of nitrogens with one attached hydrogen (secondary N) is 1. The van der Waals surface area contributed by atoms with Crippen LogP contribution in [0.15, 0.2) is 65.2 Å². The Morgan fingerprint density at radius 3 is 2.41 bits per heavy atom. The summed E-state index contributed by atoms with van der Waals surface area (Å²) in [5.74, 6) is 0.906. The molecule has 0 aliphatic heterocycles. The number of carbonyl (C=O) groups is 1. The zero-order valence-corrected chi connectivity index (χ0v) is 19.3. The van der Waals surface area contributed by atoms with E-state index in [0.29, 0.717) is 38.7 Å². The first-order valence-electron chi connectivity index (χ1n) is 9.33. The molecule has 1 N–H and O–H groups in total. The predicted molar refractivity (Wildman–Crippen MR) is 125 cm³/mol. The average molecular weight is 511 g/mol. The summed E-state index contributed by atoms with van der Waals surface area (Å²) in [6.07, 6.45) is 1.57. The Balaban J connectivity index is 1.39. The fourth-order valence-corrected chi connectivity index (χ4v) is 3.68. The summed E-state index contributed by atoms with van der Waals surface area (Å²) in [5.41, 5.74) is 0.698. The van der Waals surface area contributed by atoms with E-state index in [4.69, 9.17) is 55.6 Å². The van der Waals surface area contributed by atoms with E-state index in [1.807, 2.05) is 0 Å². The molecule has 2 aromatic carbocycles. The van der Waals surface area contributed by atoms with Gasteiger partial charge in [0.2, 0.25) is 0 Å². The Hall–Kier alpha value is -2.64. The number of amides is 1. The zero-order chi connectivity index (χ0) is 22.7. The smallest absolute Gasteiger partial charge is 0.292 e. The molecule has 0 fully saturated rings. The molecule has 2 heterocycles. The highest BCUT2D eigenvalue weighted by atomic mass is 35.5. The lowest BCUT2D eigenvalue weighted by atomic mass is 10.2. The van der Waals surface area contributed by atoms with Crippen molar-refractivity contribution in [3.05, 3.63) is 98.0 Å². The molecule has 0 bridgehead atoms. The van der Waals surface area contributed by atoms with Gasteiger partial charge in [-0.2, -0.15) is 5.10 Å². The van der Waals surface area contributed by atoms with Crippen LogP contribution in [0.25, 0.3) is 0 Å². The highest BCUT2D eigenvalue weighted by Gasteiger charge is 2.17. The van der Waals surface area contributed by atoms with Gasteiger partial charge in [0.25, 0.3) is 5.91 Å². The number of nitrogens with zero attached hydrogens (tertiary/aromatic N) is 2. The molecule has 164 valence electrons. The Labute approximate surface area is 203 Å². The van der Waals surface area contributed by atoms with Crippen molar-refractivity contribution < 1.29 is 13.9 Å². The van der Waals surface area contributed by atoms with Gasteiger partial charge in [-0.3, -0.25) is 9.48 Å². The van der Waals surface area contributed by atoms with Crippen LogP contribution >= 0.6 is 46.4 Å². The van der Waals surface area contributed by atoms with Crippen molar-refractivity contribution in [2.75, 3.05) is 5.32 Å². The number of carbonyl (C=O) groups excluding carboxylic acids is 1. The normalized spacial score (nSPS) is 10.9. The van der Waals surface area contributed by atoms with Crippen LogP contribution in [0.1, 0.15) is 21.9 Å². The number of ether oxygens (including phenoxy) is 1. The lowest BCUT2D eigenvalue weighted by Crippen LogP contribution is -2.12. The van der Waals surface area contributed by atoms with Crippen molar-refractivity contribution in [2.45, 2.75) is 13.2 Å². The molecule has 0 atom stereocenters. The van der Waals surface area contributed by atoms with E-state index in [-0.39, 0.29) is 23.2 Å². The van der Waals surface area contributed by atoms with Crippen LogP contribution in [0.4, 0.5) is 5.82 Å². The first-order valence-corrected chi connectivity index (χ1v) is 10.8. The molecule has 10 heteroatoms. The summed E-state index contributed by atoms with van der Waals surface area (Å²) >= 11 is 24.5. The van der Waals surface area contributed by atoms with Gasteiger partial charge in [-0.05, 0) is 48.5 Å². The number of aromatic nitrogens is 2. The summed E-state index contributed by atoms with van der Waals surface area (Å²) < 4.78 is 12.7. The van der Waals surface area contributed by atoms with Crippen molar-refractivity contribution >= 4 is 58.1 Å². The Morgan fingerprint density at radius 1 is 0.969 bits per heavy atom. The average Bonchev–Trinajstić information content (AvgIpc) is 3.37. The topological polar surface area (TPSA) is 69.3 Å². The van der Waals surface area contributed by atoms with E-state index in [1.165, 1.54) is 0 Å². The van der Waals surface area contributed by atoms with Crippen molar-refractivity contribution in [3.63, 3.8) is 0 Å². The third-order valence-electron chi connectivity index (χ3n) is 4.41. The molecule has 0 saturated carbocycles. The maximum atomic E-state index is 12.6. The van der Waals surface area contributed by atoms with E-state index >= 15 is 0 Å². The number of halogens is 4. The minimum atomic E-state index is -0.495. The van der Waals surface area contributed by atoms with E-state index in [9.17, 15) is 4.79 Å². The minimum absolute atomic E-state index is 0.0967. The number of anilines is 1. The lowest BCUT2D eigenvalue weighted by Gasteiger charge is -2.06. The van der Waals surface area contributed by atoms with Crippen LogP contribution in [0.3, 0.4) is 0 Å². The van der Waals surface area contributed by atoms with Gasteiger partial charge in [0.05, 0.1) is 6.54 Å². The number of benzene rings is 2. The first kappa shape index (κ1) is 22.6.